The summed E-state index contributed by atoms with van der Waals surface area (Å²) in [6.07, 6.45) is 2.77. The Morgan fingerprint density at radius 3 is 2.67 bits per heavy atom. The molecule has 0 atom stereocenters. The first-order valence-electron chi connectivity index (χ1n) is 10.5. The van der Waals surface area contributed by atoms with Gasteiger partial charge in [0.15, 0.2) is 5.79 Å². The van der Waals surface area contributed by atoms with Crippen molar-refractivity contribution in [2.75, 3.05) is 43.1 Å². The van der Waals surface area contributed by atoms with Gasteiger partial charge in [-0.05, 0) is 48.9 Å². The molecule has 2 aliphatic heterocycles. The normalized spacial score (nSPS) is 17.5. The summed E-state index contributed by atoms with van der Waals surface area (Å²) in [5.41, 5.74) is 1.38. The number of hydrogen-bond acceptors (Lipinski definition) is 5. The third kappa shape index (κ3) is 4.57. The van der Waals surface area contributed by atoms with Crippen molar-refractivity contribution in [1.82, 2.24) is 0 Å². The van der Waals surface area contributed by atoms with Gasteiger partial charge in [-0.3, -0.25) is 4.79 Å². The zero-order valence-electron chi connectivity index (χ0n) is 17.2. The van der Waals surface area contributed by atoms with Crippen LogP contribution in [0.15, 0.2) is 42.5 Å². The highest BCUT2D eigenvalue weighted by molar-refractivity contribution is 6.04. The number of anilines is 2. The summed E-state index contributed by atoms with van der Waals surface area (Å²) < 4.78 is 31.8. The largest absolute Gasteiger partial charge is 0.494 e. The Hall–Kier alpha value is -2.64. The van der Waals surface area contributed by atoms with E-state index in [-0.39, 0.29) is 11.7 Å². The number of hydrogen-bond donors (Lipinski definition) is 1. The highest BCUT2D eigenvalue weighted by Crippen LogP contribution is 2.35. The number of rotatable bonds is 7. The fraction of sp³-hybridized carbons (Fsp3) is 0.435. The minimum Gasteiger partial charge on any atom is -0.494 e. The van der Waals surface area contributed by atoms with Gasteiger partial charge in [0, 0.05) is 24.2 Å². The molecule has 2 heterocycles. The molecule has 1 amide bonds. The molecule has 0 bridgehead atoms. The van der Waals surface area contributed by atoms with Crippen molar-refractivity contribution in [2.24, 2.45) is 0 Å². The third-order valence-corrected chi connectivity index (χ3v) is 5.44. The number of benzene rings is 2. The van der Waals surface area contributed by atoms with Crippen molar-refractivity contribution < 1.29 is 23.4 Å². The van der Waals surface area contributed by atoms with Crippen LogP contribution in [0.3, 0.4) is 0 Å². The van der Waals surface area contributed by atoms with Gasteiger partial charge in [0.1, 0.15) is 11.6 Å². The summed E-state index contributed by atoms with van der Waals surface area (Å²) in [5, 5.41) is 2.75. The predicted octanol–water partition coefficient (Wildman–Crippen LogP) is 4.21. The van der Waals surface area contributed by atoms with E-state index in [0.717, 1.165) is 18.6 Å². The highest BCUT2D eigenvalue weighted by atomic mass is 19.1. The maximum atomic E-state index is 14.7. The smallest absolute Gasteiger partial charge is 0.255 e. The summed E-state index contributed by atoms with van der Waals surface area (Å²) in [5.74, 6) is -0.558. The molecule has 0 saturated carbocycles. The van der Waals surface area contributed by atoms with Gasteiger partial charge in [0.25, 0.3) is 5.91 Å². The first kappa shape index (κ1) is 20.6. The van der Waals surface area contributed by atoms with Gasteiger partial charge in [-0.1, -0.05) is 13.3 Å². The molecule has 4 rings (SSSR count). The van der Waals surface area contributed by atoms with Crippen LogP contribution in [-0.2, 0) is 9.47 Å². The van der Waals surface area contributed by atoms with Gasteiger partial charge in [-0.15, -0.1) is 0 Å². The molecule has 0 aliphatic carbocycles. The van der Waals surface area contributed by atoms with Crippen molar-refractivity contribution in [3.05, 3.63) is 53.8 Å². The lowest BCUT2D eigenvalue weighted by molar-refractivity contribution is -0.137. The van der Waals surface area contributed by atoms with E-state index in [0.29, 0.717) is 56.3 Å². The van der Waals surface area contributed by atoms with Crippen molar-refractivity contribution in [3.8, 4) is 5.75 Å². The molecule has 2 aromatic rings. The Morgan fingerprint density at radius 2 is 1.97 bits per heavy atom. The standard InChI is InChI=1S/C23H27FN2O4/c1-2-3-12-28-19-7-4-17(5-8-19)22(27)25-18-6-9-21(20(24)15-18)26-11-10-23(16-26)29-13-14-30-23/h4-9,15H,2-3,10-14,16H2,1H3,(H,25,27). The van der Waals surface area contributed by atoms with Gasteiger partial charge in [0.05, 0.1) is 32.1 Å². The number of halogens is 1. The van der Waals surface area contributed by atoms with Gasteiger partial charge in [-0.2, -0.15) is 0 Å². The molecule has 0 radical (unpaired) electrons. The Kier molecular flexibility index (Phi) is 6.20. The third-order valence-electron chi connectivity index (χ3n) is 5.44. The Balaban J connectivity index is 1.37. The van der Waals surface area contributed by atoms with E-state index in [4.69, 9.17) is 14.2 Å². The van der Waals surface area contributed by atoms with Crippen LogP contribution in [0.25, 0.3) is 0 Å². The van der Waals surface area contributed by atoms with E-state index in [9.17, 15) is 9.18 Å². The van der Waals surface area contributed by atoms with E-state index < -0.39 is 5.79 Å². The topological polar surface area (TPSA) is 60.0 Å². The van der Waals surface area contributed by atoms with Crippen LogP contribution in [0, 0.1) is 5.82 Å². The van der Waals surface area contributed by atoms with Crippen molar-refractivity contribution in [3.63, 3.8) is 0 Å². The fourth-order valence-corrected chi connectivity index (χ4v) is 3.77. The summed E-state index contributed by atoms with van der Waals surface area (Å²) >= 11 is 0. The van der Waals surface area contributed by atoms with Crippen molar-refractivity contribution >= 4 is 17.3 Å². The molecule has 2 fully saturated rings. The number of carbonyl (C=O) groups is 1. The molecule has 30 heavy (non-hydrogen) atoms. The predicted molar refractivity (Wildman–Crippen MR) is 113 cm³/mol. The minimum absolute atomic E-state index is 0.296. The molecule has 2 aliphatic rings. The van der Waals surface area contributed by atoms with E-state index in [1.54, 1.807) is 36.4 Å². The average Bonchev–Trinajstić information content (AvgIpc) is 3.38. The molecule has 7 heteroatoms. The van der Waals surface area contributed by atoms with E-state index in [1.165, 1.54) is 6.07 Å². The minimum atomic E-state index is -0.605. The molecule has 6 nitrogen and oxygen atoms in total. The van der Waals surface area contributed by atoms with Gasteiger partial charge in [0.2, 0.25) is 0 Å². The second-order valence-electron chi connectivity index (χ2n) is 7.63. The Morgan fingerprint density at radius 1 is 1.20 bits per heavy atom. The molecule has 2 aromatic carbocycles. The lowest BCUT2D eigenvalue weighted by Gasteiger charge is -2.24. The van der Waals surface area contributed by atoms with Crippen LogP contribution in [0.1, 0.15) is 36.5 Å². The fourth-order valence-electron chi connectivity index (χ4n) is 3.77. The maximum absolute atomic E-state index is 14.7. The molecule has 1 spiro atoms. The van der Waals surface area contributed by atoms with Crippen LogP contribution < -0.4 is 15.0 Å². The van der Waals surface area contributed by atoms with Gasteiger partial charge >= 0.3 is 0 Å². The molecule has 1 N–H and O–H groups in total. The maximum Gasteiger partial charge on any atom is 0.255 e. The summed E-state index contributed by atoms with van der Waals surface area (Å²) in [4.78, 5) is 14.4. The second kappa shape index (κ2) is 9.02. The first-order chi connectivity index (χ1) is 14.6. The molecule has 2 saturated heterocycles. The second-order valence-corrected chi connectivity index (χ2v) is 7.63. The van der Waals surface area contributed by atoms with Gasteiger partial charge in [-0.25, -0.2) is 4.39 Å². The SMILES string of the molecule is CCCCOc1ccc(C(=O)Nc2ccc(N3CCC4(C3)OCCO4)c(F)c2)cc1. The van der Waals surface area contributed by atoms with E-state index in [1.807, 2.05) is 4.90 Å². The number of amides is 1. The van der Waals surface area contributed by atoms with Gasteiger partial charge < -0.3 is 24.4 Å². The molecule has 0 unspecified atom stereocenters. The highest BCUT2D eigenvalue weighted by Gasteiger charge is 2.43. The van der Waals surface area contributed by atoms with E-state index >= 15 is 0 Å². The number of unbranched alkanes of at least 4 members (excludes halogenated alkanes) is 1. The average molecular weight is 414 g/mol. The lowest BCUT2D eigenvalue weighted by atomic mass is 10.2. The Bertz CT molecular complexity index is 881. The number of nitrogens with zero attached hydrogens (tertiary/aromatic N) is 1. The number of ether oxygens (including phenoxy) is 3. The molecular formula is C23H27FN2O4. The van der Waals surface area contributed by atoms with Crippen molar-refractivity contribution in [1.29, 1.82) is 0 Å². The van der Waals surface area contributed by atoms with E-state index in [2.05, 4.69) is 12.2 Å². The van der Waals surface area contributed by atoms with Crippen LogP contribution >= 0.6 is 0 Å². The quantitative estimate of drug-likeness (QED) is 0.688. The van der Waals surface area contributed by atoms with Crippen molar-refractivity contribution in [2.45, 2.75) is 32.0 Å². The number of carbonyl (C=O) groups excluding carboxylic acids is 1. The lowest BCUT2D eigenvalue weighted by Crippen LogP contribution is -2.34. The summed E-state index contributed by atoms with van der Waals surface area (Å²) in [6, 6.07) is 11.7. The van der Waals surface area contributed by atoms with Crippen LogP contribution in [0.4, 0.5) is 15.8 Å². The Labute approximate surface area is 175 Å². The summed E-state index contributed by atoms with van der Waals surface area (Å²) in [6.45, 7) is 5.08. The molecule has 0 aromatic heterocycles. The molecule has 160 valence electrons. The monoisotopic (exact) mass is 414 g/mol. The zero-order chi connectivity index (χ0) is 21.0. The summed E-state index contributed by atoms with van der Waals surface area (Å²) in [7, 11) is 0. The first-order valence-corrected chi connectivity index (χ1v) is 10.5. The number of nitrogens with one attached hydrogen (secondary N) is 1. The van der Waals surface area contributed by atoms with Crippen LogP contribution in [-0.4, -0.2) is 44.6 Å². The van der Waals surface area contributed by atoms with Crippen LogP contribution in [0.5, 0.6) is 5.75 Å². The molecular weight excluding hydrogens is 387 g/mol. The van der Waals surface area contributed by atoms with Crippen LogP contribution in [0.2, 0.25) is 0 Å². The zero-order valence-corrected chi connectivity index (χ0v) is 17.2.